The second-order valence-corrected chi connectivity index (χ2v) is 12.4. The van der Waals surface area contributed by atoms with Gasteiger partial charge in [-0.15, -0.1) is 11.8 Å². The van der Waals surface area contributed by atoms with Gasteiger partial charge in [-0.3, -0.25) is 9.52 Å². The van der Waals surface area contributed by atoms with Crippen LogP contribution in [0.4, 0.5) is 11.5 Å². The van der Waals surface area contributed by atoms with Gasteiger partial charge in [-0.2, -0.15) is 5.26 Å². The monoisotopic (exact) mass is 609 g/mol. The molecule has 1 amide bonds. The number of anilines is 2. The van der Waals surface area contributed by atoms with Crippen LogP contribution in [0.1, 0.15) is 23.3 Å². The summed E-state index contributed by atoms with van der Waals surface area (Å²) in [5, 5.41) is 17.1. The highest BCUT2D eigenvalue weighted by Crippen LogP contribution is 2.34. The third-order valence-corrected chi connectivity index (χ3v) is 8.76. The minimum atomic E-state index is -3.87. The van der Waals surface area contributed by atoms with Gasteiger partial charge in [0.05, 0.1) is 16.2 Å². The molecule has 5 aromatic rings. The number of aromatic nitrogens is 2. The van der Waals surface area contributed by atoms with Crippen LogP contribution >= 0.6 is 11.8 Å². The minimum Gasteiger partial charge on any atom is -0.360 e. The van der Waals surface area contributed by atoms with Crippen LogP contribution in [0, 0.1) is 25.2 Å². The van der Waals surface area contributed by atoms with Crippen LogP contribution in [0.2, 0.25) is 0 Å². The quantitative estimate of drug-likeness (QED) is 0.165. The third kappa shape index (κ3) is 7.30. The van der Waals surface area contributed by atoms with Crippen molar-refractivity contribution >= 4 is 39.2 Å². The minimum absolute atomic E-state index is 0.0134. The number of benzene rings is 3. The van der Waals surface area contributed by atoms with Crippen molar-refractivity contribution in [1.29, 1.82) is 5.26 Å². The Morgan fingerprint density at radius 1 is 0.953 bits per heavy atom. The zero-order valence-electron chi connectivity index (χ0n) is 23.4. The molecule has 0 radical (unpaired) electrons. The van der Waals surface area contributed by atoms with Crippen LogP contribution in [0.25, 0.3) is 22.4 Å². The number of carbonyl (C=O) groups is 1. The molecule has 0 aliphatic carbocycles. The number of carbonyl (C=O) groups excluding carboxylic acids is 1. The number of nitriles is 1. The Labute approximate surface area is 254 Å². The van der Waals surface area contributed by atoms with Crippen molar-refractivity contribution in [2.24, 2.45) is 0 Å². The molecule has 0 saturated heterocycles. The van der Waals surface area contributed by atoms with E-state index in [1.54, 1.807) is 6.92 Å². The number of hydrogen-bond acceptors (Lipinski definition) is 8. The van der Waals surface area contributed by atoms with E-state index in [1.165, 1.54) is 42.1 Å². The molecule has 2 N–H and O–H groups in total. The standard InChI is InChI=1S/C32H27N5O4S2/c1-21-8-10-23(11-9-21)27-19-29(24-6-4-3-5-7-24)35-32(28(27)20-33)42-17-16-31(38)34-25-12-14-26(15-13-25)43(39,40)37-30-18-22(2)41-36-30/h3-15,18-19H,16-17H2,1-2H3,(H,34,38)(H,36,37). The molecule has 216 valence electrons. The molecule has 0 spiro atoms. The molecule has 0 fully saturated rings. The summed E-state index contributed by atoms with van der Waals surface area (Å²) in [6.45, 7) is 3.67. The zero-order chi connectivity index (χ0) is 30.4. The fraction of sp³-hybridized carbons (Fsp3) is 0.125. The molecule has 2 aromatic heterocycles. The molecule has 0 atom stereocenters. The second-order valence-electron chi connectivity index (χ2n) is 9.68. The predicted molar refractivity (Wildman–Crippen MR) is 167 cm³/mol. The highest BCUT2D eigenvalue weighted by atomic mass is 32.2. The maximum absolute atomic E-state index is 12.7. The Balaban J connectivity index is 1.27. The van der Waals surface area contributed by atoms with Crippen LogP contribution < -0.4 is 10.0 Å². The summed E-state index contributed by atoms with van der Waals surface area (Å²) in [5.74, 6) is 0.689. The van der Waals surface area contributed by atoms with Gasteiger partial charge in [0.25, 0.3) is 10.0 Å². The number of aryl methyl sites for hydroxylation is 2. The lowest BCUT2D eigenvalue weighted by Gasteiger charge is -2.13. The van der Waals surface area contributed by atoms with Crippen LogP contribution in [0.5, 0.6) is 0 Å². The van der Waals surface area contributed by atoms with Gasteiger partial charge in [-0.05, 0) is 49.7 Å². The molecule has 11 heteroatoms. The molecule has 0 unspecified atom stereocenters. The van der Waals surface area contributed by atoms with Gasteiger partial charge in [-0.1, -0.05) is 65.3 Å². The maximum Gasteiger partial charge on any atom is 0.263 e. The fourth-order valence-electron chi connectivity index (χ4n) is 4.24. The Bertz CT molecular complexity index is 1900. The molecular formula is C32H27N5O4S2. The summed E-state index contributed by atoms with van der Waals surface area (Å²) in [5.41, 5.74) is 5.40. The number of nitrogens with zero attached hydrogens (tertiary/aromatic N) is 3. The maximum atomic E-state index is 12.7. The van der Waals surface area contributed by atoms with Crippen molar-refractivity contribution in [1.82, 2.24) is 10.1 Å². The van der Waals surface area contributed by atoms with E-state index < -0.39 is 10.0 Å². The van der Waals surface area contributed by atoms with Crippen molar-refractivity contribution in [2.75, 3.05) is 15.8 Å². The predicted octanol–water partition coefficient (Wildman–Crippen LogP) is 6.81. The average molecular weight is 610 g/mol. The molecule has 2 heterocycles. The third-order valence-electron chi connectivity index (χ3n) is 6.41. The summed E-state index contributed by atoms with van der Waals surface area (Å²) in [7, 11) is -3.87. The SMILES string of the molecule is Cc1ccc(-c2cc(-c3ccccc3)nc(SCCC(=O)Nc3ccc(S(=O)(=O)Nc4cc(C)on4)cc3)c2C#N)cc1. The van der Waals surface area contributed by atoms with Gasteiger partial charge in [0.2, 0.25) is 5.91 Å². The molecule has 0 bridgehead atoms. The first-order valence-electron chi connectivity index (χ1n) is 13.3. The summed E-state index contributed by atoms with van der Waals surface area (Å²) in [6.07, 6.45) is 0.153. The van der Waals surface area contributed by atoms with E-state index in [4.69, 9.17) is 9.51 Å². The number of sulfonamides is 1. The van der Waals surface area contributed by atoms with E-state index in [9.17, 15) is 18.5 Å². The van der Waals surface area contributed by atoms with Gasteiger partial charge < -0.3 is 9.84 Å². The normalized spacial score (nSPS) is 11.1. The topological polar surface area (TPSA) is 138 Å². The Hall–Kier alpha value is -4.92. The lowest BCUT2D eigenvalue weighted by atomic mass is 9.98. The number of nitrogens with one attached hydrogen (secondary N) is 2. The fourth-order valence-corrected chi connectivity index (χ4v) is 6.17. The number of amides is 1. The lowest BCUT2D eigenvalue weighted by molar-refractivity contribution is -0.115. The second kappa shape index (κ2) is 12.9. The first-order chi connectivity index (χ1) is 20.7. The van der Waals surface area contributed by atoms with Gasteiger partial charge in [0.15, 0.2) is 5.82 Å². The van der Waals surface area contributed by atoms with Crippen molar-refractivity contribution in [2.45, 2.75) is 30.2 Å². The van der Waals surface area contributed by atoms with E-state index >= 15 is 0 Å². The first-order valence-corrected chi connectivity index (χ1v) is 15.8. The Kier molecular flexibility index (Phi) is 8.90. The van der Waals surface area contributed by atoms with Crippen LogP contribution in [-0.2, 0) is 14.8 Å². The van der Waals surface area contributed by atoms with Crippen LogP contribution in [0.15, 0.2) is 105 Å². The van der Waals surface area contributed by atoms with Gasteiger partial charge in [0, 0.05) is 35.1 Å². The van der Waals surface area contributed by atoms with E-state index in [0.29, 0.717) is 27.8 Å². The summed E-state index contributed by atoms with van der Waals surface area (Å²) in [4.78, 5) is 17.5. The molecule has 0 aliphatic rings. The summed E-state index contributed by atoms with van der Waals surface area (Å²) in [6, 6.07) is 29.3. The van der Waals surface area contributed by atoms with Crippen molar-refractivity contribution in [3.05, 3.63) is 108 Å². The van der Waals surface area contributed by atoms with E-state index in [0.717, 1.165) is 27.9 Å². The van der Waals surface area contributed by atoms with Crippen molar-refractivity contribution in [3.8, 4) is 28.5 Å². The molecular weight excluding hydrogens is 583 g/mol. The molecule has 0 aliphatic heterocycles. The Morgan fingerprint density at radius 2 is 1.67 bits per heavy atom. The number of hydrogen-bond donors (Lipinski definition) is 2. The molecule has 43 heavy (non-hydrogen) atoms. The summed E-state index contributed by atoms with van der Waals surface area (Å²) < 4.78 is 32.5. The van der Waals surface area contributed by atoms with Gasteiger partial charge >= 0.3 is 0 Å². The van der Waals surface area contributed by atoms with Crippen LogP contribution in [0.3, 0.4) is 0 Å². The van der Waals surface area contributed by atoms with Gasteiger partial charge in [-0.25, -0.2) is 13.4 Å². The van der Waals surface area contributed by atoms with Crippen molar-refractivity contribution in [3.63, 3.8) is 0 Å². The number of rotatable bonds is 10. The zero-order valence-corrected chi connectivity index (χ0v) is 25.0. The molecule has 9 nitrogen and oxygen atoms in total. The molecule has 3 aromatic carbocycles. The van der Waals surface area contributed by atoms with E-state index in [-0.39, 0.29) is 23.0 Å². The number of thioether (sulfide) groups is 1. The van der Waals surface area contributed by atoms with E-state index in [2.05, 4.69) is 21.3 Å². The highest BCUT2D eigenvalue weighted by molar-refractivity contribution is 7.99. The lowest BCUT2D eigenvalue weighted by Crippen LogP contribution is -2.14. The van der Waals surface area contributed by atoms with E-state index in [1.807, 2.05) is 67.6 Å². The van der Waals surface area contributed by atoms with Crippen LogP contribution in [-0.4, -0.2) is 30.2 Å². The van der Waals surface area contributed by atoms with Crippen molar-refractivity contribution < 1.29 is 17.7 Å². The summed E-state index contributed by atoms with van der Waals surface area (Å²) >= 11 is 1.34. The average Bonchev–Trinajstić information content (AvgIpc) is 3.41. The highest BCUT2D eigenvalue weighted by Gasteiger charge is 2.18. The Morgan fingerprint density at radius 3 is 2.33 bits per heavy atom. The smallest absolute Gasteiger partial charge is 0.263 e. The van der Waals surface area contributed by atoms with Gasteiger partial charge in [0.1, 0.15) is 16.9 Å². The molecule has 5 rings (SSSR count). The largest absolute Gasteiger partial charge is 0.360 e. The number of pyridine rings is 1. The molecule has 0 saturated carbocycles. The first kappa shape index (κ1) is 29.6.